The molecule has 0 saturated carbocycles. The van der Waals surface area contributed by atoms with Gasteiger partial charge in [0.05, 0.1) is 11.5 Å². The second-order valence-electron chi connectivity index (χ2n) is 5.77. The summed E-state index contributed by atoms with van der Waals surface area (Å²) in [6.07, 6.45) is 0.349. The molecule has 8 heteroatoms. The van der Waals surface area contributed by atoms with Gasteiger partial charge in [-0.05, 0) is 5.92 Å². The highest BCUT2D eigenvalue weighted by atomic mass is 32.2. The minimum Gasteiger partial charge on any atom is -0.356 e. The summed E-state index contributed by atoms with van der Waals surface area (Å²) in [5, 5.41) is 8.43. The summed E-state index contributed by atoms with van der Waals surface area (Å²) in [5.74, 6) is 0.183. The van der Waals surface area contributed by atoms with Gasteiger partial charge in [0.25, 0.3) is 0 Å². The van der Waals surface area contributed by atoms with Gasteiger partial charge in [0.2, 0.25) is 11.8 Å². The predicted octanol–water partition coefficient (Wildman–Crippen LogP) is -0.958. The summed E-state index contributed by atoms with van der Waals surface area (Å²) in [6.45, 7) is 5.29. The van der Waals surface area contributed by atoms with Gasteiger partial charge < -0.3 is 16.0 Å². The van der Waals surface area contributed by atoms with Gasteiger partial charge in [-0.1, -0.05) is 13.8 Å². The summed E-state index contributed by atoms with van der Waals surface area (Å²) in [6, 6.07) is -0.335. The molecule has 0 aliphatic carbocycles. The van der Waals surface area contributed by atoms with Crippen molar-refractivity contribution in [3.63, 3.8) is 0 Å². The lowest BCUT2D eigenvalue weighted by Crippen LogP contribution is -2.47. The minimum atomic E-state index is -3.03. The maximum Gasteiger partial charge on any atom is 0.221 e. The van der Waals surface area contributed by atoms with Crippen molar-refractivity contribution in [2.24, 2.45) is 5.92 Å². The quantitative estimate of drug-likeness (QED) is 0.561. The topological polar surface area (TPSA) is 104 Å². The molecule has 1 aliphatic rings. The molecule has 21 heavy (non-hydrogen) atoms. The molecule has 1 saturated heterocycles. The normalized spacial score (nSPS) is 21.0. The third-order valence-electron chi connectivity index (χ3n) is 3.11. The fraction of sp³-hybridized carbons (Fsp3) is 0.846. The van der Waals surface area contributed by atoms with Crippen LogP contribution >= 0.6 is 0 Å². The first kappa shape index (κ1) is 17.9. The molecule has 2 amide bonds. The van der Waals surface area contributed by atoms with Crippen LogP contribution in [0.25, 0.3) is 0 Å². The Labute approximate surface area is 126 Å². The highest BCUT2D eigenvalue weighted by Crippen LogP contribution is 2.04. The third-order valence-corrected chi connectivity index (χ3v) is 4.85. The zero-order valence-electron chi connectivity index (χ0n) is 12.6. The van der Waals surface area contributed by atoms with E-state index in [4.69, 9.17) is 0 Å². The Hall–Kier alpha value is -1.15. The van der Waals surface area contributed by atoms with Crippen molar-refractivity contribution in [2.45, 2.75) is 32.7 Å². The van der Waals surface area contributed by atoms with Crippen molar-refractivity contribution >= 4 is 21.7 Å². The van der Waals surface area contributed by atoms with Gasteiger partial charge in [-0.25, -0.2) is 8.42 Å². The van der Waals surface area contributed by atoms with E-state index >= 15 is 0 Å². The standard InChI is InChI=1S/C13H25N3O4S/c1-10(2)8-16-12(17)3-4-15-13(18)7-11-9-21(19,20)6-5-14-11/h10-11,14H,3-9H2,1-2H3,(H,15,18)(H,16,17). The monoisotopic (exact) mass is 319 g/mol. The molecule has 7 nitrogen and oxygen atoms in total. The van der Waals surface area contributed by atoms with Gasteiger partial charge >= 0.3 is 0 Å². The second-order valence-corrected chi connectivity index (χ2v) is 8.00. The molecule has 3 N–H and O–H groups in total. The van der Waals surface area contributed by atoms with Crippen LogP contribution in [0.15, 0.2) is 0 Å². The predicted molar refractivity (Wildman–Crippen MR) is 80.5 cm³/mol. The Kier molecular flexibility index (Phi) is 7.10. The van der Waals surface area contributed by atoms with Crippen molar-refractivity contribution < 1.29 is 18.0 Å². The maximum atomic E-state index is 11.7. The summed E-state index contributed by atoms with van der Waals surface area (Å²) in [4.78, 5) is 23.1. The van der Waals surface area contributed by atoms with Crippen molar-refractivity contribution in [3.8, 4) is 0 Å². The lowest BCUT2D eigenvalue weighted by atomic mass is 10.2. The highest BCUT2D eigenvalue weighted by molar-refractivity contribution is 7.91. The Morgan fingerprint density at radius 2 is 1.95 bits per heavy atom. The fourth-order valence-corrected chi connectivity index (χ4v) is 3.46. The number of hydrogen-bond donors (Lipinski definition) is 3. The molecule has 1 atom stereocenters. The van der Waals surface area contributed by atoms with E-state index < -0.39 is 9.84 Å². The second kappa shape index (κ2) is 8.33. The zero-order valence-corrected chi connectivity index (χ0v) is 13.5. The first-order valence-corrected chi connectivity index (χ1v) is 9.08. The van der Waals surface area contributed by atoms with E-state index in [-0.39, 0.29) is 48.7 Å². The number of carbonyl (C=O) groups excluding carboxylic acids is 2. The average Bonchev–Trinajstić information content (AvgIpc) is 2.35. The number of carbonyl (C=O) groups is 2. The van der Waals surface area contributed by atoms with Crippen LogP contribution in [0.4, 0.5) is 0 Å². The molecule has 0 spiro atoms. The SMILES string of the molecule is CC(C)CNC(=O)CCNC(=O)CC1CS(=O)(=O)CCN1. The molecule has 0 aromatic heterocycles. The largest absolute Gasteiger partial charge is 0.356 e. The Morgan fingerprint density at radius 3 is 2.57 bits per heavy atom. The Morgan fingerprint density at radius 1 is 1.24 bits per heavy atom. The van der Waals surface area contributed by atoms with E-state index in [0.29, 0.717) is 19.0 Å². The van der Waals surface area contributed by atoms with Crippen LogP contribution in [0.2, 0.25) is 0 Å². The van der Waals surface area contributed by atoms with E-state index in [1.165, 1.54) is 0 Å². The summed E-state index contributed by atoms with van der Waals surface area (Å²) in [7, 11) is -3.03. The van der Waals surface area contributed by atoms with Gasteiger partial charge in [0.1, 0.15) is 0 Å². The third kappa shape index (κ3) is 8.01. The van der Waals surface area contributed by atoms with E-state index in [9.17, 15) is 18.0 Å². The van der Waals surface area contributed by atoms with Crippen LogP contribution in [0.5, 0.6) is 0 Å². The minimum absolute atomic E-state index is 0.00467. The van der Waals surface area contributed by atoms with E-state index in [1.807, 2.05) is 13.8 Å². The summed E-state index contributed by atoms with van der Waals surface area (Å²) < 4.78 is 22.9. The molecular formula is C13H25N3O4S. The number of amides is 2. The van der Waals surface area contributed by atoms with E-state index in [0.717, 1.165) is 0 Å². The van der Waals surface area contributed by atoms with Crippen LogP contribution < -0.4 is 16.0 Å². The lowest BCUT2D eigenvalue weighted by Gasteiger charge is -2.23. The molecule has 0 aromatic rings. The molecule has 0 bridgehead atoms. The van der Waals surface area contributed by atoms with Gasteiger partial charge in [0.15, 0.2) is 9.84 Å². The molecule has 1 fully saturated rings. The lowest BCUT2D eigenvalue weighted by molar-refractivity contribution is -0.122. The van der Waals surface area contributed by atoms with E-state index in [1.54, 1.807) is 0 Å². The molecule has 1 heterocycles. The smallest absolute Gasteiger partial charge is 0.221 e. The molecule has 1 aliphatic heterocycles. The number of sulfone groups is 1. The summed E-state index contributed by atoms with van der Waals surface area (Å²) >= 11 is 0. The first-order chi connectivity index (χ1) is 9.78. The van der Waals surface area contributed by atoms with Gasteiger partial charge in [-0.2, -0.15) is 0 Å². The Bertz CT molecular complexity index is 462. The number of hydrogen-bond acceptors (Lipinski definition) is 5. The van der Waals surface area contributed by atoms with Crippen LogP contribution in [-0.2, 0) is 19.4 Å². The molecule has 0 aromatic carbocycles. The van der Waals surface area contributed by atoms with Crippen LogP contribution in [0, 0.1) is 5.92 Å². The maximum absolute atomic E-state index is 11.7. The number of nitrogens with one attached hydrogen (secondary N) is 3. The van der Waals surface area contributed by atoms with E-state index in [2.05, 4.69) is 16.0 Å². The molecule has 122 valence electrons. The highest BCUT2D eigenvalue weighted by Gasteiger charge is 2.25. The van der Waals surface area contributed by atoms with Crippen LogP contribution in [0.3, 0.4) is 0 Å². The zero-order chi connectivity index (χ0) is 15.9. The van der Waals surface area contributed by atoms with Gasteiger partial charge in [-0.15, -0.1) is 0 Å². The first-order valence-electron chi connectivity index (χ1n) is 7.25. The molecule has 1 unspecified atom stereocenters. The summed E-state index contributed by atoms with van der Waals surface area (Å²) in [5.41, 5.74) is 0. The average molecular weight is 319 g/mol. The molecular weight excluding hydrogens is 294 g/mol. The van der Waals surface area contributed by atoms with Crippen molar-refractivity contribution in [3.05, 3.63) is 0 Å². The molecule has 0 radical (unpaired) electrons. The van der Waals surface area contributed by atoms with Gasteiger partial charge in [-0.3, -0.25) is 9.59 Å². The number of rotatable bonds is 7. The van der Waals surface area contributed by atoms with Crippen molar-refractivity contribution in [2.75, 3.05) is 31.1 Å². The van der Waals surface area contributed by atoms with Gasteiger partial charge in [0, 0.05) is 38.5 Å². The van der Waals surface area contributed by atoms with Crippen LogP contribution in [-0.4, -0.2) is 57.4 Å². The fourth-order valence-electron chi connectivity index (χ4n) is 2.02. The Balaban J connectivity index is 2.18. The van der Waals surface area contributed by atoms with Crippen LogP contribution in [0.1, 0.15) is 26.7 Å². The van der Waals surface area contributed by atoms with Crippen molar-refractivity contribution in [1.29, 1.82) is 0 Å². The van der Waals surface area contributed by atoms with Crippen molar-refractivity contribution in [1.82, 2.24) is 16.0 Å². The molecule has 1 rings (SSSR count).